The molecule has 0 saturated carbocycles. The van der Waals surface area contributed by atoms with Crippen molar-refractivity contribution in [3.05, 3.63) is 29.8 Å². The van der Waals surface area contributed by atoms with Gasteiger partial charge in [-0.2, -0.15) is 0 Å². The van der Waals surface area contributed by atoms with Gasteiger partial charge in [0.2, 0.25) is 5.91 Å². The minimum atomic E-state index is -0.932. The van der Waals surface area contributed by atoms with Gasteiger partial charge >= 0.3 is 0 Å². The van der Waals surface area contributed by atoms with Crippen molar-refractivity contribution in [3.63, 3.8) is 0 Å². The highest BCUT2D eigenvalue weighted by Crippen LogP contribution is 2.12. The monoisotopic (exact) mass is 296 g/mol. The predicted octanol–water partition coefficient (Wildman–Crippen LogP) is 1.86. The van der Waals surface area contributed by atoms with E-state index in [1.165, 1.54) is 0 Å². The third-order valence-electron chi connectivity index (χ3n) is 2.97. The van der Waals surface area contributed by atoms with Gasteiger partial charge in [-0.3, -0.25) is 9.00 Å². The van der Waals surface area contributed by atoms with Crippen molar-refractivity contribution in [1.29, 1.82) is 0 Å². The molecule has 0 aliphatic rings. The maximum atomic E-state index is 11.8. The van der Waals surface area contributed by atoms with Gasteiger partial charge in [0.15, 0.2) is 0 Å². The van der Waals surface area contributed by atoms with E-state index in [0.29, 0.717) is 30.8 Å². The van der Waals surface area contributed by atoms with E-state index in [4.69, 9.17) is 5.73 Å². The summed E-state index contributed by atoms with van der Waals surface area (Å²) in [5.74, 6) is 0.460. The van der Waals surface area contributed by atoms with Crippen molar-refractivity contribution in [1.82, 2.24) is 5.32 Å². The number of nitrogen functional groups attached to an aromatic ring is 1. The Morgan fingerprint density at radius 3 is 2.55 bits per heavy atom. The molecule has 5 heteroatoms. The van der Waals surface area contributed by atoms with Gasteiger partial charge in [0.25, 0.3) is 0 Å². The van der Waals surface area contributed by atoms with E-state index in [9.17, 15) is 9.00 Å². The fourth-order valence-corrected chi connectivity index (χ4v) is 2.59. The first-order valence-electron chi connectivity index (χ1n) is 6.79. The molecule has 1 amide bonds. The average molecular weight is 296 g/mol. The van der Waals surface area contributed by atoms with E-state index < -0.39 is 10.8 Å². The Kier molecular flexibility index (Phi) is 6.20. The van der Waals surface area contributed by atoms with Crippen LogP contribution in [-0.2, 0) is 22.0 Å². The predicted molar refractivity (Wildman–Crippen MR) is 84.9 cm³/mol. The maximum absolute atomic E-state index is 11.8. The first-order valence-corrected chi connectivity index (χ1v) is 8.11. The van der Waals surface area contributed by atoms with Crippen LogP contribution < -0.4 is 11.1 Å². The van der Waals surface area contributed by atoms with Gasteiger partial charge in [-0.25, -0.2) is 0 Å². The summed E-state index contributed by atoms with van der Waals surface area (Å²) in [6.45, 7) is 6.25. The molecule has 0 aliphatic heterocycles. The second-order valence-corrected chi connectivity index (χ2v) is 8.03. The van der Waals surface area contributed by atoms with Crippen LogP contribution in [0.25, 0.3) is 0 Å². The van der Waals surface area contributed by atoms with Crippen molar-refractivity contribution in [3.8, 4) is 0 Å². The Morgan fingerprint density at radius 2 is 1.95 bits per heavy atom. The summed E-state index contributed by atoms with van der Waals surface area (Å²) in [6, 6.07) is 7.55. The van der Waals surface area contributed by atoms with Gasteiger partial charge < -0.3 is 11.1 Å². The van der Waals surface area contributed by atoms with Crippen molar-refractivity contribution >= 4 is 22.4 Å². The molecule has 0 aromatic heterocycles. The molecule has 0 heterocycles. The number of hydrogen-bond donors (Lipinski definition) is 2. The highest BCUT2D eigenvalue weighted by molar-refractivity contribution is 7.86. The van der Waals surface area contributed by atoms with Crippen LogP contribution in [0.3, 0.4) is 0 Å². The summed E-state index contributed by atoms with van der Waals surface area (Å²) < 4.78 is 11.6. The second-order valence-electron chi connectivity index (χ2n) is 5.71. The number of carbonyl (C=O) groups excluding carboxylic acids is 1. The lowest BCUT2D eigenvalue weighted by Crippen LogP contribution is -2.32. The van der Waals surface area contributed by atoms with Crippen molar-refractivity contribution in [2.45, 2.75) is 38.4 Å². The molecule has 4 nitrogen and oxygen atoms in total. The van der Waals surface area contributed by atoms with Gasteiger partial charge in [0.05, 0.1) is 0 Å². The van der Waals surface area contributed by atoms with Crippen LogP contribution >= 0.6 is 0 Å². The van der Waals surface area contributed by atoms with E-state index in [1.54, 1.807) is 0 Å². The molecular weight excluding hydrogens is 272 g/mol. The Labute approximate surface area is 123 Å². The first-order chi connectivity index (χ1) is 9.30. The Balaban J connectivity index is 2.28. The molecule has 112 valence electrons. The fourth-order valence-electron chi connectivity index (χ4n) is 1.69. The molecule has 0 spiro atoms. The number of para-hydroxylation sites is 1. The van der Waals surface area contributed by atoms with Crippen LogP contribution in [0.4, 0.5) is 5.69 Å². The zero-order valence-corrected chi connectivity index (χ0v) is 13.3. The number of benzene rings is 1. The lowest BCUT2D eigenvalue weighted by Gasteiger charge is -2.17. The van der Waals surface area contributed by atoms with E-state index in [1.807, 2.05) is 45.0 Å². The number of carbonyl (C=O) groups is 1. The lowest BCUT2D eigenvalue weighted by atomic mass is 10.1. The first kappa shape index (κ1) is 16.7. The highest BCUT2D eigenvalue weighted by Gasteiger charge is 2.18. The smallest absolute Gasteiger partial charge is 0.220 e. The standard InChI is InChI=1S/C15H24N2O2S/c1-15(2,3)20(19)11-10-17-14(18)9-8-12-6-4-5-7-13(12)16/h4-7H,8-11,16H2,1-3H3,(H,17,18). The molecule has 1 rings (SSSR count). The number of hydrogen-bond acceptors (Lipinski definition) is 3. The van der Waals surface area contributed by atoms with Crippen molar-refractivity contribution in [2.24, 2.45) is 0 Å². The molecule has 0 bridgehead atoms. The summed E-state index contributed by atoms with van der Waals surface area (Å²) in [5.41, 5.74) is 7.53. The fraction of sp³-hybridized carbons (Fsp3) is 0.533. The Hall–Kier alpha value is -1.36. The van der Waals surface area contributed by atoms with Gasteiger partial charge in [0.1, 0.15) is 0 Å². The van der Waals surface area contributed by atoms with Gasteiger partial charge in [-0.15, -0.1) is 0 Å². The molecule has 3 N–H and O–H groups in total. The molecule has 20 heavy (non-hydrogen) atoms. The summed E-state index contributed by atoms with van der Waals surface area (Å²) in [7, 11) is -0.932. The molecule has 1 atom stereocenters. The highest BCUT2D eigenvalue weighted by atomic mass is 32.2. The zero-order chi connectivity index (χ0) is 15.2. The SMILES string of the molecule is CC(C)(C)S(=O)CCNC(=O)CCc1ccccc1N. The van der Waals surface area contributed by atoms with Crippen molar-refractivity contribution in [2.75, 3.05) is 18.0 Å². The van der Waals surface area contributed by atoms with Gasteiger partial charge in [-0.05, 0) is 38.8 Å². The molecule has 0 fully saturated rings. The largest absolute Gasteiger partial charge is 0.399 e. The van der Waals surface area contributed by atoms with Crippen LogP contribution in [0.5, 0.6) is 0 Å². The lowest BCUT2D eigenvalue weighted by molar-refractivity contribution is -0.120. The van der Waals surface area contributed by atoms with Crippen molar-refractivity contribution < 1.29 is 9.00 Å². The summed E-state index contributed by atoms with van der Waals surface area (Å²) in [4.78, 5) is 11.7. The number of aryl methyl sites for hydroxylation is 1. The molecule has 0 radical (unpaired) electrons. The van der Waals surface area contributed by atoms with Crippen LogP contribution in [-0.4, -0.2) is 27.2 Å². The number of rotatable bonds is 6. The zero-order valence-electron chi connectivity index (χ0n) is 12.4. The summed E-state index contributed by atoms with van der Waals surface area (Å²) in [5, 5.41) is 2.80. The topological polar surface area (TPSA) is 72.2 Å². The number of nitrogens with two attached hydrogens (primary N) is 1. The third kappa shape index (κ3) is 5.74. The van der Waals surface area contributed by atoms with Gasteiger partial charge in [-0.1, -0.05) is 18.2 Å². The molecular formula is C15H24N2O2S. The van der Waals surface area contributed by atoms with Crippen LogP contribution in [0.1, 0.15) is 32.8 Å². The number of amides is 1. The molecule has 0 aliphatic carbocycles. The minimum Gasteiger partial charge on any atom is -0.399 e. The maximum Gasteiger partial charge on any atom is 0.220 e. The molecule has 1 unspecified atom stereocenters. The van der Waals surface area contributed by atoms with E-state index in [-0.39, 0.29) is 10.7 Å². The summed E-state index contributed by atoms with van der Waals surface area (Å²) in [6.07, 6.45) is 1.03. The Bertz CT molecular complexity index is 481. The number of nitrogens with one attached hydrogen (secondary N) is 1. The quantitative estimate of drug-likeness (QED) is 0.787. The van der Waals surface area contributed by atoms with Crippen LogP contribution in [0, 0.1) is 0 Å². The second kappa shape index (κ2) is 7.43. The molecule has 1 aromatic carbocycles. The van der Waals surface area contributed by atoms with Gasteiger partial charge in [0, 0.05) is 40.0 Å². The third-order valence-corrected chi connectivity index (χ3v) is 4.91. The summed E-state index contributed by atoms with van der Waals surface area (Å²) >= 11 is 0. The van der Waals surface area contributed by atoms with Crippen LogP contribution in [0.15, 0.2) is 24.3 Å². The van der Waals surface area contributed by atoms with E-state index in [2.05, 4.69) is 5.32 Å². The Morgan fingerprint density at radius 1 is 1.30 bits per heavy atom. The average Bonchev–Trinajstić information content (AvgIpc) is 2.36. The van der Waals surface area contributed by atoms with E-state index >= 15 is 0 Å². The molecule has 1 aromatic rings. The van der Waals surface area contributed by atoms with E-state index in [0.717, 1.165) is 5.56 Å². The molecule has 0 saturated heterocycles. The normalized spacial score (nSPS) is 12.9. The number of anilines is 1. The van der Waals surface area contributed by atoms with Crippen LogP contribution in [0.2, 0.25) is 0 Å². The minimum absolute atomic E-state index is 0.0286.